The minimum Gasteiger partial charge on any atom is -0.383 e. The first-order chi connectivity index (χ1) is 8.36. The van der Waals surface area contributed by atoms with E-state index in [0.717, 1.165) is 24.9 Å². The second kappa shape index (κ2) is 10.2. The molecule has 0 spiro atoms. The van der Waals surface area contributed by atoms with Gasteiger partial charge in [-0.3, -0.25) is 0 Å². The number of hydrogen-bond acceptors (Lipinski definition) is 4. The summed E-state index contributed by atoms with van der Waals surface area (Å²) in [4.78, 5) is 2.63. The fraction of sp³-hybridized carbons (Fsp3) is 1.00. The van der Waals surface area contributed by atoms with Crippen LogP contribution in [0.2, 0.25) is 0 Å². The van der Waals surface area contributed by atoms with Crippen molar-refractivity contribution in [1.82, 2.24) is 10.2 Å². The van der Waals surface area contributed by atoms with E-state index < -0.39 is 0 Å². The van der Waals surface area contributed by atoms with E-state index in [1.54, 1.807) is 7.11 Å². The summed E-state index contributed by atoms with van der Waals surface area (Å²) in [6.07, 6.45) is 7.61. The number of ether oxygens (including phenoxy) is 1. The summed E-state index contributed by atoms with van der Waals surface area (Å²) < 4.78 is 4.99. The number of rotatable bonds is 9. The van der Waals surface area contributed by atoms with Crippen molar-refractivity contribution in [2.24, 2.45) is 0 Å². The summed E-state index contributed by atoms with van der Waals surface area (Å²) in [7, 11) is 1.75. The van der Waals surface area contributed by atoms with E-state index in [1.807, 2.05) is 11.8 Å². The minimum atomic E-state index is 0.822. The number of likely N-dealkylation sites (tertiary alicyclic amines) is 1. The lowest BCUT2D eigenvalue weighted by atomic mass is 10.1. The average molecular weight is 260 g/mol. The molecule has 0 amide bonds. The highest BCUT2D eigenvalue weighted by Gasteiger charge is 2.17. The molecule has 0 atom stereocenters. The Hall–Kier alpha value is 0.230. The number of hydrogen-bond donors (Lipinski definition) is 1. The Morgan fingerprint density at radius 1 is 1.24 bits per heavy atom. The Kier molecular flexibility index (Phi) is 9.16. The first kappa shape index (κ1) is 15.3. The molecule has 0 bridgehead atoms. The smallest absolute Gasteiger partial charge is 0.0587 e. The van der Waals surface area contributed by atoms with Crippen molar-refractivity contribution in [2.75, 3.05) is 52.7 Å². The van der Waals surface area contributed by atoms with Gasteiger partial charge in [0.1, 0.15) is 0 Å². The van der Waals surface area contributed by atoms with E-state index in [1.165, 1.54) is 45.3 Å². The normalized spacial score (nSPS) is 18.7. The number of piperidine rings is 1. The van der Waals surface area contributed by atoms with Crippen molar-refractivity contribution in [2.45, 2.75) is 30.9 Å². The SMILES string of the molecule is COCCNCCCCN1CCC(SC)CC1. The summed E-state index contributed by atoms with van der Waals surface area (Å²) in [5.74, 6) is 0. The van der Waals surface area contributed by atoms with Gasteiger partial charge in [-0.05, 0) is 58.1 Å². The molecule has 0 aliphatic carbocycles. The number of methoxy groups -OCH3 is 1. The average Bonchev–Trinajstić information content (AvgIpc) is 2.38. The van der Waals surface area contributed by atoms with Gasteiger partial charge in [0.2, 0.25) is 0 Å². The topological polar surface area (TPSA) is 24.5 Å². The molecule has 0 aromatic rings. The van der Waals surface area contributed by atoms with Crippen molar-refractivity contribution in [1.29, 1.82) is 0 Å². The molecule has 0 aromatic carbocycles. The van der Waals surface area contributed by atoms with Crippen molar-refractivity contribution in [3.63, 3.8) is 0 Å². The van der Waals surface area contributed by atoms with Gasteiger partial charge in [-0.25, -0.2) is 0 Å². The zero-order valence-corrected chi connectivity index (χ0v) is 12.2. The Bertz CT molecular complexity index is 173. The molecule has 1 rings (SSSR count). The van der Waals surface area contributed by atoms with Gasteiger partial charge in [0.15, 0.2) is 0 Å². The van der Waals surface area contributed by atoms with E-state index in [0.29, 0.717) is 0 Å². The lowest BCUT2D eigenvalue weighted by Gasteiger charge is -2.31. The van der Waals surface area contributed by atoms with Gasteiger partial charge in [-0.2, -0.15) is 11.8 Å². The Labute approximate surface area is 111 Å². The Morgan fingerprint density at radius 3 is 2.65 bits per heavy atom. The molecule has 0 radical (unpaired) electrons. The molecule has 1 saturated heterocycles. The quantitative estimate of drug-likeness (QED) is 0.639. The third-order valence-electron chi connectivity index (χ3n) is 3.43. The monoisotopic (exact) mass is 260 g/mol. The maximum atomic E-state index is 4.99. The van der Waals surface area contributed by atoms with E-state index in [9.17, 15) is 0 Å². The van der Waals surface area contributed by atoms with E-state index in [2.05, 4.69) is 16.5 Å². The Balaban J connectivity index is 1.87. The summed E-state index contributed by atoms with van der Waals surface area (Å²) in [6.45, 7) is 6.83. The molecular formula is C13H28N2OS. The number of unbranched alkanes of at least 4 members (excludes halogenated alkanes) is 1. The molecule has 1 aliphatic rings. The van der Waals surface area contributed by atoms with Gasteiger partial charge in [-0.1, -0.05) is 0 Å². The first-order valence-electron chi connectivity index (χ1n) is 6.81. The van der Waals surface area contributed by atoms with Crippen LogP contribution in [0.15, 0.2) is 0 Å². The van der Waals surface area contributed by atoms with Crippen molar-refractivity contribution in [3.8, 4) is 0 Å². The predicted molar refractivity (Wildman–Crippen MR) is 77.0 cm³/mol. The minimum absolute atomic E-state index is 0.822. The number of thioether (sulfide) groups is 1. The molecular weight excluding hydrogens is 232 g/mol. The number of nitrogens with one attached hydrogen (secondary N) is 1. The molecule has 1 fully saturated rings. The van der Waals surface area contributed by atoms with Gasteiger partial charge < -0.3 is 15.0 Å². The third-order valence-corrected chi connectivity index (χ3v) is 4.57. The van der Waals surface area contributed by atoms with E-state index in [4.69, 9.17) is 4.74 Å². The zero-order valence-electron chi connectivity index (χ0n) is 11.4. The van der Waals surface area contributed by atoms with E-state index >= 15 is 0 Å². The van der Waals surface area contributed by atoms with Crippen LogP contribution in [-0.2, 0) is 4.74 Å². The highest BCUT2D eigenvalue weighted by atomic mass is 32.2. The van der Waals surface area contributed by atoms with Crippen LogP contribution in [0.4, 0.5) is 0 Å². The lowest BCUT2D eigenvalue weighted by Crippen LogP contribution is -2.35. The van der Waals surface area contributed by atoms with Crippen LogP contribution in [0.25, 0.3) is 0 Å². The summed E-state index contributed by atoms with van der Waals surface area (Å²) >= 11 is 2.04. The van der Waals surface area contributed by atoms with Crippen molar-refractivity contribution >= 4 is 11.8 Å². The molecule has 1 aliphatic heterocycles. The van der Waals surface area contributed by atoms with Crippen LogP contribution in [0, 0.1) is 0 Å². The van der Waals surface area contributed by atoms with Crippen molar-refractivity contribution < 1.29 is 4.74 Å². The zero-order chi connectivity index (χ0) is 12.3. The number of nitrogens with zero attached hydrogens (tertiary/aromatic N) is 1. The van der Waals surface area contributed by atoms with Gasteiger partial charge in [0.25, 0.3) is 0 Å². The first-order valence-corrected chi connectivity index (χ1v) is 8.10. The largest absolute Gasteiger partial charge is 0.383 e. The van der Waals surface area contributed by atoms with Crippen LogP contribution in [0.1, 0.15) is 25.7 Å². The fourth-order valence-corrected chi connectivity index (χ4v) is 2.94. The maximum absolute atomic E-state index is 4.99. The van der Waals surface area contributed by atoms with Crippen LogP contribution in [0.5, 0.6) is 0 Å². The molecule has 1 N–H and O–H groups in total. The molecule has 1 heterocycles. The third kappa shape index (κ3) is 7.29. The van der Waals surface area contributed by atoms with Crippen LogP contribution in [-0.4, -0.2) is 62.8 Å². The van der Waals surface area contributed by atoms with E-state index in [-0.39, 0.29) is 0 Å². The van der Waals surface area contributed by atoms with Crippen LogP contribution in [0.3, 0.4) is 0 Å². The van der Waals surface area contributed by atoms with Gasteiger partial charge in [-0.15, -0.1) is 0 Å². The molecule has 102 valence electrons. The molecule has 0 saturated carbocycles. The molecule has 0 aromatic heterocycles. The van der Waals surface area contributed by atoms with Crippen molar-refractivity contribution in [3.05, 3.63) is 0 Å². The summed E-state index contributed by atoms with van der Waals surface area (Å²) in [5.41, 5.74) is 0. The molecule has 17 heavy (non-hydrogen) atoms. The lowest BCUT2D eigenvalue weighted by molar-refractivity contribution is 0.198. The fourth-order valence-electron chi connectivity index (χ4n) is 2.25. The molecule has 4 heteroatoms. The predicted octanol–water partition coefficient (Wildman–Crippen LogP) is 1.83. The highest BCUT2D eigenvalue weighted by molar-refractivity contribution is 7.99. The molecule has 0 unspecified atom stereocenters. The summed E-state index contributed by atoms with van der Waals surface area (Å²) in [5, 5.41) is 4.31. The summed E-state index contributed by atoms with van der Waals surface area (Å²) in [6, 6.07) is 0. The van der Waals surface area contributed by atoms with Crippen LogP contribution >= 0.6 is 11.8 Å². The Morgan fingerprint density at radius 2 is 2.00 bits per heavy atom. The second-order valence-electron chi connectivity index (χ2n) is 4.73. The highest BCUT2D eigenvalue weighted by Crippen LogP contribution is 2.20. The van der Waals surface area contributed by atoms with Gasteiger partial charge in [0.05, 0.1) is 6.61 Å². The van der Waals surface area contributed by atoms with Crippen LogP contribution < -0.4 is 5.32 Å². The van der Waals surface area contributed by atoms with Gasteiger partial charge >= 0.3 is 0 Å². The molecule has 3 nitrogen and oxygen atoms in total. The standard InChI is InChI=1S/C13H28N2OS/c1-16-12-8-14-7-3-4-9-15-10-5-13(17-2)6-11-15/h13-14H,3-12H2,1-2H3. The second-order valence-corrected chi connectivity index (χ2v) is 5.86. The van der Waals surface area contributed by atoms with Gasteiger partial charge in [0, 0.05) is 18.9 Å². The maximum Gasteiger partial charge on any atom is 0.0587 e.